The van der Waals surface area contributed by atoms with Gasteiger partial charge in [-0.15, -0.1) is 11.6 Å². The molecule has 33 heavy (non-hydrogen) atoms. The minimum absolute atomic E-state index is 0.107. The molecule has 0 aliphatic carbocycles. The molecule has 0 saturated heterocycles. The number of carbonyl (C=O) groups excluding carboxylic acids is 1. The average molecular weight is 539 g/mol. The SMILES string of the molecule is CCC(CC)CCC(C)CNC(=O)c1nn(CCCCCCl)c2c1COc1cc(Br)ccc1-2. The van der Waals surface area contributed by atoms with Gasteiger partial charge < -0.3 is 10.1 Å². The molecule has 2 heterocycles. The number of rotatable bonds is 13. The molecule has 1 aromatic heterocycles. The van der Waals surface area contributed by atoms with Crippen LogP contribution in [0.3, 0.4) is 0 Å². The molecule has 1 N–H and O–H groups in total. The molecule has 1 unspecified atom stereocenters. The van der Waals surface area contributed by atoms with Crippen LogP contribution < -0.4 is 10.1 Å². The highest BCUT2D eigenvalue weighted by atomic mass is 79.9. The summed E-state index contributed by atoms with van der Waals surface area (Å²) in [6, 6.07) is 6.02. The van der Waals surface area contributed by atoms with Gasteiger partial charge in [-0.3, -0.25) is 9.48 Å². The molecular formula is C26H37BrClN3O2. The summed E-state index contributed by atoms with van der Waals surface area (Å²) < 4.78 is 8.97. The van der Waals surface area contributed by atoms with Crippen molar-refractivity contribution in [3.05, 3.63) is 33.9 Å². The second kappa shape index (κ2) is 12.8. The Hall–Kier alpha value is -1.53. The number of nitrogens with zero attached hydrogens (tertiary/aromatic N) is 2. The number of unbranched alkanes of at least 4 members (excludes halogenated alkanes) is 2. The molecule has 1 amide bonds. The Morgan fingerprint density at radius 3 is 2.76 bits per heavy atom. The van der Waals surface area contributed by atoms with Crippen molar-refractivity contribution < 1.29 is 9.53 Å². The van der Waals surface area contributed by atoms with Crippen LogP contribution in [0.15, 0.2) is 22.7 Å². The number of hydrogen-bond acceptors (Lipinski definition) is 3. The molecular weight excluding hydrogens is 502 g/mol. The molecule has 3 rings (SSSR count). The van der Waals surface area contributed by atoms with Crippen molar-refractivity contribution in [1.82, 2.24) is 15.1 Å². The molecule has 7 heteroatoms. The Bertz CT molecular complexity index is 927. The number of amides is 1. The van der Waals surface area contributed by atoms with Gasteiger partial charge in [-0.25, -0.2) is 0 Å². The van der Waals surface area contributed by atoms with E-state index >= 15 is 0 Å². The van der Waals surface area contributed by atoms with Crippen LogP contribution in [0.25, 0.3) is 11.3 Å². The van der Waals surface area contributed by atoms with Gasteiger partial charge in [-0.1, -0.05) is 62.4 Å². The number of fused-ring (bicyclic) bond motifs is 3. The number of halogens is 2. The third kappa shape index (κ3) is 6.75. The minimum Gasteiger partial charge on any atom is -0.488 e. The minimum atomic E-state index is -0.107. The highest BCUT2D eigenvalue weighted by Crippen LogP contribution is 2.40. The fraction of sp³-hybridized carbons (Fsp3) is 0.615. The predicted octanol–water partition coefficient (Wildman–Crippen LogP) is 7.20. The molecule has 1 aromatic carbocycles. The highest BCUT2D eigenvalue weighted by Gasteiger charge is 2.29. The van der Waals surface area contributed by atoms with E-state index in [0.29, 0.717) is 30.6 Å². The van der Waals surface area contributed by atoms with Crippen LogP contribution in [-0.2, 0) is 13.2 Å². The van der Waals surface area contributed by atoms with Crippen molar-refractivity contribution in [2.75, 3.05) is 12.4 Å². The van der Waals surface area contributed by atoms with E-state index in [1.807, 2.05) is 22.9 Å². The van der Waals surface area contributed by atoms with Crippen molar-refractivity contribution in [2.45, 2.75) is 78.9 Å². The Labute approximate surface area is 211 Å². The van der Waals surface area contributed by atoms with Gasteiger partial charge in [0.2, 0.25) is 0 Å². The van der Waals surface area contributed by atoms with Gasteiger partial charge in [0.25, 0.3) is 5.91 Å². The number of nitrogens with one attached hydrogen (secondary N) is 1. The molecule has 1 aliphatic rings. The fourth-order valence-corrected chi connectivity index (χ4v) is 4.97. The lowest BCUT2D eigenvalue weighted by Crippen LogP contribution is -2.30. The molecule has 0 bridgehead atoms. The summed E-state index contributed by atoms with van der Waals surface area (Å²) in [7, 11) is 0. The van der Waals surface area contributed by atoms with Crippen molar-refractivity contribution >= 4 is 33.4 Å². The Morgan fingerprint density at radius 1 is 1.24 bits per heavy atom. The van der Waals surface area contributed by atoms with Crippen LogP contribution >= 0.6 is 27.5 Å². The third-order valence-electron chi connectivity index (χ3n) is 6.67. The second-order valence-corrected chi connectivity index (χ2v) is 10.4. The first-order chi connectivity index (χ1) is 16.0. The van der Waals surface area contributed by atoms with Crippen LogP contribution in [-0.4, -0.2) is 28.1 Å². The molecule has 2 aromatic rings. The van der Waals surface area contributed by atoms with Crippen LogP contribution in [0, 0.1) is 11.8 Å². The van der Waals surface area contributed by atoms with E-state index in [2.05, 4.69) is 42.0 Å². The van der Waals surface area contributed by atoms with Crippen molar-refractivity contribution in [3.8, 4) is 17.0 Å². The maximum Gasteiger partial charge on any atom is 0.272 e. The summed E-state index contributed by atoms with van der Waals surface area (Å²) in [6.45, 7) is 8.51. The van der Waals surface area contributed by atoms with Crippen LogP contribution in [0.5, 0.6) is 5.75 Å². The van der Waals surface area contributed by atoms with Gasteiger partial charge in [-0.05, 0) is 49.3 Å². The first kappa shape index (κ1) is 26.1. The number of aromatic nitrogens is 2. The van der Waals surface area contributed by atoms with Gasteiger partial charge in [-0.2, -0.15) is 5.10 Å². The van der Waals surface area contributed by atoms with Gasteiger partial charge >= 0.3 is 0 Å². The van der Waals surface area contributed by atoms with E-state index in [-0.39, 0.29) is 5.91 Å². The largest absolute Gasteiger partial charge is 0.488 e. The van der Waals surface area contributed by atoms with Gasteiger partial charge in [0, 0.05) is 34.6 Å². The van der Waals surface area contributed by atoms with E-state index < -0.39 is 0 Å². The number of alkyl halides is 1. The fourth-order valence-electron chi connectivity index (χ4n) is 4.45. The monoisotopic (exact) mass is 537 g/mol. The van der Waals surface area contributed by atoms with E-state index in [9.17, 15) is 4.79 Å². The first-order valence-corrected chi connectivity index (χ1v) is 13.7. The van der Waals surface area contributed by atoms with Crippen LogP contribution in [0.2, 0.25) is 0 Å². The lowest BCUT2D eigenvalue weighted by atomic mass is 9.93. The summed E-state index contributed by atoms with van der Waals surface area (Å²) in [5, 5.41) is 7.91. The van der Waals surface area contributed by atoms with Crippen molar-refractivity contribution in [1.29, 1.82) is 0 Å². The number of aryl methyl sites for hydroxylation is 1. The maximum absolute atomic E-state index is 13.2. The van der Waals surface area contributed by atoms with Crippen molar-refractivity contribution in [3.63, 3.8) is 0 Å². The number of ether oxygens (including phenoxy) is 1. The van der Waals surface area contributed by atoms with Crippen LogP contribution in [0.1, 0.15) is 81.8 Å². The summed E-state index contributed by atoms with van der Waals surface area (Å²) in [6.07, 6.45) is 7.80. The molecule has 1 aliphatic heterocycles. The number of benzene rings is 1. The quantitative estimate of drug-likeness (QED) is 0.217. The number of carbonyl (C=O) groups is 1. The van der Waals surface area contributed by atoms with E-state index in [0.717, 1.165) is 65.2 Å². The first-order valence-electron chi connectivity index (χ1n) is 12.3. The zero-order valence-corrected chi connectivity index (χ0v) is 22.5. The molecule has 0 spiro atoms. The molecule has 0 saturated carbocycles. The maximum atomic E-state index is 13.2. The number of hydrogen-bond donors (Lipinski definition) is 1. The Balaban J connectivity index is 1.75. The second-order valence-electron chi connectivity index (χ2n) is 9.15. The summed E-state index contributed by atoms with van der Waals surface area (Å²) >= 11 is 9.37. The van der Waals surface area contributed by atoms with Crippen LogP contribution in [0.4, 0.5) is 0 Å². The Kier molecular flexibility index (Phi) is 10.1. The smallest absolute Gasteiger partial charge is 0.272 e. The van der Waals surface area contributed by atoms with Gasteiger partial charge in [0.15, 0.2) is 5.69 Å². The lowest BCUT2D eigenvalue weighted by Gasteiger charge is -2.20. The predicted molar refractivity (Wildman–Crippen MR) is 139 cm³/mol. The standard InChI is InChI=1S/C26H37BrClN3O2/c1-4-19(5-2)10-9-18(3)16-29-26(32)24-22-17-33-23-15-20(27)11-12-21(23)25(22)31(30-24)14-8-6-7-13-28/h11-12,15,18-19H,4-10,13-14,16-17H2,1-3H3,(H,29,32). The van der Waals surface area contributed by atoms with Gasteiger partial charge in [0.05, 0.1) is 5.69 Å². The van der Waals surface area contributed by atoms with E-state index in [4.69, 9.17) is 21.4 Å². The molecule has 0 fully saturated rings. The molecule has 0 radical (unpaired) electrons. The zero-order chi connectivity index (χ0) is 23.8. The molecule has 182 valence electrons. The topological polar surface area (TPSA) is 56.2 Å². The third-order valence-corrected chi connectivity index (χ3v) is 7.43. The summed E-state index contributed by atoms with van der Waals surface area (Å²) in [5.74, 6) is 2.61. The Morgan fingerprint density at radius 2 is 2.03 bits per heavy atom. The zero-order valence-electron chi connectivity index (χ0n) is 20.1. The summed E-state index contributed by atoms with van der Waals surface area (Å²) in [4.78, 5) is 13.2. The summed E-state index contributed by atoms with van der Waals surface area (Å²) in [5.41, 5.74) is 3.36. The highest BCUT2D eigenvalue weighted by molar-refractivity contribution is 9.10. The van der Waals surface area contributed by atoms with E-state index in [1.165, 1.54) is 19.3 Å². The van der Waals surface area contributed by atoms with Crippen molar-refractivity contribution in [2.24, 2.45) is 11.8 Å². The lowest BCUT2D eigenvalue weighted by molar-refractivity contribution is 0.0938. The normalized spacial score (nSPS) is 13.4. The van der Waals surface area contributed by atoms with Gasteiger partial charge in [0.1, 0.15) is 12.4 Å². The molecule has 1 atom stereocenters. The average Bonchev–Trinajstić information content (AvgIpc) is 3.19. The van der Waals surface area contributed by atoms with E-state index in [1.54, 1.807) is 0 Å². The molecule has 5 nitrogen and oxygen atoms in total.